The summed E-state index contributed by atoms with van der Waals surface area (Å²) < 4.78 is 37.8. The number of carbonyl (C=O) groups is 4. The van der Waals surface area contributed by atoms with Gasteiger partial charge in [-0.05, 0) is 54.3 Å². The van der Waals surface area contributed by atoms with Crippen LogP contribution in [0.15, 0.2) is 66.7 Å². The molecule has 44 heavy (non-hydrogen) atoms. The quantitative estimate of drug-likeness (QED) is 0.265. The van der Waals surface area contributed by atoms with Crippen LogP contribution in [0.25, 0.3) is 0 Å². The maximum absolute atomic E-state index is 13.6. The van der Waals surface area contributed by atoms with Crippen LogP contribution in [0.1, 0.15) is 25.8 Å². The van der Waals surface area contributed by atoms with E-state index in [1.165, 1.54) is 19.1 Å². The minimum Gasteiger partial charge on any atom is -0.482 e. The van der Waals surface area contributed by atoms with E-state index in [1.807, 2.05) is 13.8 Å². The molecule has 0 spiro atoms. The Hall–Kier alpha value is -5.00. The summed E-state index contributed by atoms with van der Waals surface area (Å²) in [5.74, 6) is -2.55. The highest BCUT2D eigenvalue weighted by Gasteiger charge is 2.22. The largest absolute Gasteiger partial charge is 0.482 e. The highest BCUT2D eigenvalue weighted by Crippen LogP contribution is 2.29. The Bertz CT molecular complexity index is 1460. The number of para-hydroxylation sites is 2. The van der Waals surface area contributed by atoms with Gasteiger partial charge in [0.15, 0.2) is 6.61 Å². The topological polar surface area (TPSA) is 117 Å². The number of ether oxygens (including phenoxy) is 2. The van der Waals surface area contributed by atoms with Gasteiger partial charge < -0.3 is 29.9 Å². The zero-order valence-electron chi connectivity index (χ0n) is 25.1. The monoisotopic (exact) mass is 610 g/mol. The van der Waals surface area contributed by atoms with E-state index in [1.54, 1.807) is 48.5 Å². The molecule has 2 N–H and O–H groups in total. The zero-order valence-corrected chi connectivity index (χ0v) is 25.1. The van der Waals surface area contributed by atoms with Gasteiger partial charge in [0.25, 0.3) is 5.91 Å². The Labute approximate surface area is 254 Å². The molecule has 0 fully saturated rings. The Morgan fingerprint density at radius 1 is 0.909 bits per heavy atom. The van der Waals surface area contributed by atoms with Crippen molar-refractivity contribution in [3.05, 3.63) is 83.9 Å². The Balaban J connectivity index is 1.68. The first-order chi connectivity index (χ1) is 21.0. The van der Waals surface area contributed by atoms with Crippen LogP contribution in [0.5, 0.6) is 5.75 Å². The van der Waals surface area contributed by atoms with Gasteiger partial charge in [0.2, 0.25) is 5.91 Å². The van der Waals surface area contributed by atoms with Crippen molar-refractivity contribution >= 4 is 40.9 Å². The third kappa shape index (κ3) is 10.1. The minimum atomic E-state index is -0.820. The van der Waals surface area contributed by atoms with Crippen LogP contribution < -0.4 is 25.2 Å². The molecule has 0 unspecified atom stereocenters. The van der Waals surface area contributed by atoms with Gasteiger partial charge in [-0.3, -0.25) is 14.4 Å². The summed E-state index contributed by atoms with van der Waals surface area (Å²) in [5, 5.41) is 5.20. The summed E-state index contributed by atoms with van der Waals surface area (Å²) in [5.41, 5.74) is 1.50. The summed E-state index contributed by atoms with van der Waals surface area (Å²) >= 11 is 0. The number of nitrogens with zero attached hydrogens (tertiary/aromatic N) is 2. The molecule has 12 heteroatoms. The number of amides is 4. The van der Waals surface area contributed by atoms with Crippen molar-refractivity contribution in [3.8, 4) is 5.75 Å². The molecular formula is C32H36F2N4O6. The highest BCUT2D eigenvalue weighted by atomic mass is 19.1. The standard InChI is InChI=1S/C32H36F2N4O6/c1-21(2)12-13-38(29(39)19-35-32(42)36-25-9-7-8-22(14-25)15-31(41)43-4)27-10-5-6-11-28(27)44-20-30(40)37(3)26-17-23(33)16-24(34)18-26/h5-11,14,16-18,21H,12-13,15,19-20H2,1-4H3,(H2,35,36,42). The number of likely N-dealkylation sites (N-methyl/N-ethyl adjacent to an activating group) is 1. The maximum Gasteiger partial charge on any atom is 0.319 e. The van der Waals surface area contributed by atoms with Crippen molar-refractivity contribution in [2.45, 2.75) is 26.7 Å². The molecule has 3 rings (SSSR count). The molecule has 4 amide bonds. The third-order valence-corrected chi connectivity index (χ3v) is 6.51. The summed E-state index contributed by atoms with van der Waals surface area (Å²) in [6, 6.07) is 15.5. The maximum atomic E-state index is 13.6. The molecule has 0 saturated heterocycles. The zero-order chi connectivity index (χ0) is 32.2. The first kappa shape index (κ1) is 33.5. The number of benzene rings is 3. The van der Waals surface area contributed by atoms with E-state index in [0.717, 1.165) is 17.0 Å². The van der Waals surface area contributed by atoms with Crippen molar-refractivity contribution in [3.63, 3.8) is 0 Å². The molecule has 0 aliphatic heterocycles. The van der Waals surface area contributed by atoms with Crippen LogP contribution in [-0.4, -0.2) is 57.7 Å². The third-order valence-electron chi connectivity index (χ3n) is 6.51. The number of halogens is 2. The Morgan fingerprint density at radius 2 is 1.61 bits per heavy atom. The normalized spacial score (nSPS) is 10.6. The number of urea groups is 1. The van der Waals surface area contributed by atoms with E-state index in [2.05, 4.69) is 15.4 Å². The molecule has 234 valence electrons. The molecule has 0 aliphatic carbocycles. The second-order valence-corrected chi connectivity index (χ2v) is 10.3. The molecule has 0 atom stereocenters. The lowest BCUT2D eigenvalue weighted by Gasteiger charge is -2.26. The van der Waals surface area contributed by atoms with Gasteiger partial charge in [0, 0.05) is 31.0 Å². The van der Waals surface area contributed by atoms with Gasteiger partial charge in [-0.1, -0.05) is 38.1 Å². The van der Waals surface area contributed by atoms with Gasteiger partial charge >= 0.3 is 12.0 Å². The second-order valence-electron chi connectivity index (χ2n) is 10.3. The fraction of sp³-hybridized carbons (Fsp3) is 0.312. The predicted molar refractivity (Wildman–Crippen MR) is 163 cm³/mol. The first-order valence-corrected chi connectivity index (χ1v) is 13.9. The lowest BCUT2D eigenvalue weighted by Crippen LogP contribution is -2.42. The summed E-state index contributed by atoms with van der Waals surface area (Å²) in [4.78, 5) is 52.9. The first-order valence-electron chi connectivity index (χ1n) is 13.9. The number of hydrogen-bond donors (Lipinski definition) is 2. The van der Waals surface area contributed by atoms with Crippen molar-refractivity contribution in [2.75, 3.05) is 49.0 Å². The molecule has 0 radical (unpaired) electrons. The van der Waals surface area contributed by atoms with E-state index in [-0.39, 0.29) is 30.3 Å². The fourth-order valence-corrected chi connectivity index (χ4v) is 4.11. The van der Waals surface area contributed by atoms with Crippen LogP contribution in [0.4, 0.5) is 30.6 Å². The van der Waals surface area contributed by atoms with E-state index >= 15 is 0 Å². The van der Waals surface area contributed by atoms with Gasteiger partial charge in [-0.2, -0.15) is 0 Å². The van der Waals surface area contributed by atoms with Crippen LogP contribution in [0, 0.1) is 17.6 Å². The van der Waals surface area contributed by atoms with E-state index < -0.39 is 42.1 Å². The van der Waals surface area contributed by atoms with Gasteiger partial charge in [0.05, 0.1) is 25.8 Å². The lowest BCUT2D eigenvalue weighted by molar-refractivity contribution is -0.139. The molecular weight excluding hydrogens is 574 g/mol. The van der Waals surface area contributed by atoms with Crippen LogP contribution >= 0.6 is 0 Å². The Morgan fingerprint density at radius 3 is 2.30 bits per heavy atom. The lowest BCUT2D eigenvalue weighted by atomic mass is 10.1. The fourth-order valence-electron chi connectivity index (χ4n) is 4.11. The van der Waals surface area contributed by atoms with Gasteiger partial charge in [-0.25, -0.2) is 13.6 Å². The molecule has 10 nitrogen and oxygen atoms in total. The average molecular weight is 611 g/mol. The Kier molecular flexibility index (Phi) is 12.2. The number of rotatable bonds is 13. The minimum absolute atomic E-state index is 0.0256. The van der Waals surface area contributed by atoms with Crippen molar-refractivity contribution in [1.82, 2.24) is 5.32 Å². The number of methoxy groups -OCH3 is 1. The second kappa shape index (κ2) is 16.0. The van der Waals surface area contributed by atoms with Crippen LogP contribution in [0.2, 0.25) is 0 Å². The molecule has 0 bridgehead atoms. The molecule has 0 saturated carbocycles. The van der Waals surface area contributed by atoms with E-state index in [0.29, 0.717) is 36.0 Å². The number of carbonyl (C=O) groups excluding carboxylic acids is 4. The number of nitrogens with one attached hydrogen (secondary N) is 2. The average Bonchev–Trinajstić information content (AvgIpc) is 2.98. The SMILES string of the molecule is COC(=O)Cc1cccc(NC(=O)NCC(=O)N(CCC(C)C)c2ccccc2OCC(=O)N(C)c2cc(F)cc(F)c2)c1. The van der Waals surface area contributed by atoms with Crippen molar-refractivity contribution < 1.29 is 37.4 Å². The number of anilines is 3. The van der Waals surface area contributed by atoms with Gasteiger partial charge in [-0.15, -0.1) is 0 Å². The predicted octanol–water partition coefficient (Wildman–Crippen LogP) is 4.92. The summed E-state index contributed by atoms with van der Waals surface area (Å²) in [7, 11) is 2.66. The smallest absolute Gasteiger partial charge is 0.319 e. The summed E-state index contributed by atoms with van der Waals surface area (Å²) in [6.45, 7) is 3.52. The van der Waals surface area contributed by atoms with Crippen molar-refractivity contribution in [1.29, 1.82) is 0 Å². The van der Waals surface area contributed by atoms with Gasteiger partial charge in [0.1, 0.15) is 17.4 Å². The molecule has 3 aromatic rings. The summed E-state index contributed by atoms with van der Waals surface area (Å²) in [6.07, 6.45) is 0.690. The highest BCUT2D eigenvalue weighted by molar-refractivity contribution is 5.99. The molecule has 0 aromatic heterocycles. The van der Waals surface area contributed by atoms with E-state index in [4.69, 9.17) is 4.74 Å². The van der Waals surface area contributed by atoms with Crippen LogP contribution in [0.3, 0.4) is 0 Å². The molecule has 0 aliphatic rings. The van der Waals surface area contributed by atoms with Crippen LogP contribution in [-0.2, 0) is 25.5 Å². The van der Waals surface area contributed by atoms with Crippen molar-refractivity contribution in [2.24, 2.45) is 5.92 Å². The number of hydrogen-bond acceptors (Lipinski definition) is 6. The molecule has 0 heterocycles. The number of esters is 1. The molecule has 3 aromatic carbocycles. The van der Waals surface area contributed by atoms with E-state index in [9.17, 15) is 28.0 Å².